The first-order valence-electron chi connectivity index (χ1n) is 9.56. The smallest absolute Gasteiger partial charge is 0.315 e. The molecule has 0 aliphatic heterocycles. The highest BCUT2D eigenvalue weighted by atomic mass is 35.5. The van der Waals surface area contributed by atoms with Crippen LogP contribution in [-0.4, -0.2) is 33.0 Å². The number of esters is 1. The van der Waals surface area contributed by atoms with Crippen molar-refractivity contribution in [1.29, 1.82) is 0 Å². The van der Waals surface area contributed by atoms with Gasteiger partial charge in [0.2, 0.25) is 0 Å². The first-order valence-corrected chi connectivity index (χ1v) is 10.4. The summed E-state index contributed by atoms with van der Waals surface area (Å²) in [4.78, 5) is 32.8. The lowest BCUT2D eigenvalue weighted by molar-refractivity contribution is -0.393. The lowest BCUT2D eigenvalue weighted by atomic mass is 9.68. The van der Waals surface area contributed by atoms with Crippen LogP contribution in [-0.2, 0) is 9.53 Å². The molecule has 0 aromatic heterocycles. The largest absolute Gasteiger partial charge is 0.465 e. The van der Waals surface area contributed by atoms with Gasteiger partial charge in [0.05, 0.1) is 22.5 Å². The Labute approximate surface area is 194 Å². The molecule has 0 fully saturated rings. The summed E-state index contributed by atoms with van der Waals surface area (Å²) < 4.78 is 5.23. The first kappa shape index (κ1) is 25.3. The molecule has 2 rings (SSSR count). The molecule has 0 spiro atoms. The van der Waals surface area contributed by atoms with Crippen molar-refractivity contribution < 1.29 is 19.4 Å². The Morgan fingerprint density at radius 3 is 2.53 bits per heavy atom. The third kappa shape index (κ3) is 5.43. The van der Waals surface area contributed by atoms with Crippen molar-refractivity contribution in [1.82, 2.24) is 0 Å². The molecule has 0 amide bonds. The van der Waals surface area contributed by atoms with Crippen molar-refractivity contribution >= 4 is 51.9 Å². The highest BCUT2D eigenvalue weighted by Crippen LogP contribution is 2.45. The van der Waals surface area contributed by atoms with E-state index in [1.165, 1.54) is 6.07 Å². The second-order valence-corrected chi connectivity index (χ2v) is 8.34. The fourth-order valence-corrected chi connectivity index (χ4v) is 3.80. The number of ether oxygens (including phenoxy) is 1. The number of nitrogens with zero attached hydrogens (tertiary/aromatic N) is 3. The van der Waals surface area contributed by atoms with Crippen molar-refractivity contribution in [3.05, 3.63) is 62.7 Å². The number of hydrazone groups is 1. The van der Waals surface area contributed by atoms with Crippen LogP contribution in [0.3, 0.4) is 0 Å². The number of anilines is 1. The third-order valence-electron chi connectivity index (χ3n) is 5.16. The van der Waals surface area contributed by atoms with E-state index >= 15 is 0 Å². The number of nitro benzene ring substituents is 2. The zero-order valence-corrected chi connectivity index (χ0v) is 19.0. The van der Waals surface area contributed by atoms with E-state index in [0.717, 1.165) is 12.1 Å². The molecule has 3 atom stereocenters. The number of halogens is 2. The number of hydrogen-bond acceptors (Lipinski definition) is 8. The summed E-state index contributed by atoms with van der Waals surface area (Å²) in [6, 6.07) is 3.11. The number of allylic oxidation sites excluding steroid dienone is 4. The van der Waals surface area contributed by atoms with Crippen molar-refractivity contribution in [2.24, 2.45) is 22.4 Å². The van der Waals surface area contributed by atoms with E-state index in [0.29, 0.717) is 0 Å². The van der Waals surface area contributed by atoms with Crippen LogP contribution >= 0.6 is 23.2 Å². The molecule has 1 N–H and O–H groups in total. The summed E-state index contributed by atoms with van der Waals surface area (Å²) in [5.41, 5.74) is 0.955. The Morgan fingerprint density at radius 1 is 1.28 bits per heavy atom. The molecule has 3 unspecified atom stereocenters. The molecule has 12 heteroatoms. The summed E-state index contributed by atoms with van der Waals surface area (Å²) in [5.74, 6) is -1.96. The predicted molar refractivity (Wildman–Crippen MR) is 122 cm³/mol. The fraction of sp³-hybridized carbons (Fsp3) is 0.400. The number of nitrogens with one attached hydrogen (secondary N) is 1. The molecular weight excluding hydrogens is 463 g/mol. The molecule has 0 saturated carbocycles. The second kappa shape index (κ2) is 10.6. The summed E-state index contributed by atoms with van der Waals surface area (Å²) >= 11 is 12.5. The van der Waals surface area contributed by atoms with Crippen LogP contribution in [0.15, 0.2) is 47.6 Å². The van der Waals surface area contributed by atoms with Crippen LogP contribution in [0.25, 0.3) is 0 Å². The number of non-ortho nitro benzene ring substituents is 1. The molecule has 172 valence electrons. The van der Waals surface area contributed by atoms with Crippen molar-refractivity contribution in [3.8, 4) is 0 Å². The number of carbonyl (C=O) groups excluding carboxylic acids is 1. The standard InChI is InChI=1S/C20H22Cl2N4O6/c1-4-32-18(27)17(14-7-5-6-10-20(14,3)19(21)22)12(2)23-24-15-9-8-13(25(28)29)11-16(15)26(30)31/h5-11,14,17,19,24H,4H2,1-3H3/b23-12+. The molecule has 1 aromatic carbocycles. The first-order chi connectivity index (χ1) is 15.0. The molecule has 0 saturated heterocycles. The monoisotopic (exact) mass is 484 g/mol. The van der Waals surface area contributed by atoms with Crippen molar-refractivity contribution in [2.45, 2.75) is 25.6 Å². The predicted octanol–water partition coefficient (Wildman–Crippen LogP) is 5.02. The fourth-order valence-electron chi connectivity index (χ4n) is 3.36. The van der Waals surface area contributed by atoms with Gasteiger partial charge in [-0.15, -0.1) is 23.2 Å². The Hall–Kier alpha value is -2.98. The van der Waals surface area contributed by atoms with E-state index < -0.39 is 49.3 Å². The quantitative estimate of drug-likeness (QED) is 0.170. The van der Waals surface area contributed by atoms with Crippen molar-refractivity contribution in [2.75, 3.05) is 12.0 Å². The summed E-state index contributed by atoms with van der Waals surface area (Å²) in [5, 5.41) is 26.4. The maximum absolute atomic E-state index is 12.8. The molecular formula is C20H22Cl2N4O6. The van der Waals surface area contributed by atoms with E-state index in [9.17, 15) is 25.0 Å². The van der Waals surface area contributed by atoms with E-state index in [-0.39, 0.29) is 18.0 Å². The van der Waals surface area contributed by atoms with E-state index in [2.05, 4.69) is 10.5 Å². The summed E-state index contributed by atoms with van der Waals surface area (Å²) in [6.07, 6.45) is 7.13. The molecule has 1 aromatic rings. The number of alkyl halides is 2. The lowest BCUT2D eigenvalue weighted by Gasteiger charge is -2.39. The zero-order valence-electron chi connectivity index (χ0n) is 17.5. The van der Waals surface area contributed by atoms with Gasteiger partial charge in [-0.1, -0.05) is 31.2 Å². The molecule has 0 heterocycles. The Morgan fingerprint density at radius 2 is 1.97 bits per heavy atom. The Kier molecular flexibility index (Phi) is 8.34. The average Bonchev–Trinajstić information content (AvgIpc) is 2.73. The van der Waals surface area contributed by atoms with Gasteiger partial charge >= 0.3 is 11.7 Å². The van der Waals surface area contributed by atoms with Crippen molar-refractivity contribution in [3.63, 3.8) is 0 Å². The molecule has 1 aliphatic carbocycles. The number of benzene rings is 1. The number of nitro groups is 2. The van der Waals surface area contributed by atoms with Gasteiger partial charge in [0.25, 0.3) is 5.69 Å². The minimum absolute atomic E-state index is 0.0723. The topological polar surface area (TPSA) is 137 Å². The van der Waals surface area contributed by atoms with Crippen LogP contribution in [0.2, 0.25) is 0 Å². The van der Waals surface area contributed by atoms with Gasteiger partial charge in [0, 0.05) is 23.1 Å². The van der Waals surface area contributed by atoms with Gasteiger partial charge in [-0.3, -0.25) is 30.4 Å². The van der Waals surface area contributed by atoms with Crippen LogP contribution in [0, 0.1) is 37.5 Å². The number of hydrogen-bond donors (Lipinski definition) is 1. The molecule has 0 radical (unpaired) electrons. The maximum atomic E-state index is 12.8. The highest BCUT2D eigenvalue weighted by molar-refractivity contribution is 6.45. The van der Waals surface area contributed by atoms with Gasteiger partial charge in [-0.2, -0.15) is 5.10 Å². The normalized spacial score (nSPS) is 21.3. The van der Waals surface area contributed by atoms with E-state index in [4.69, 9.17) is 27.9 Å². The van der Waals surface area contributed by atoms with Gasteiger partial charge in [0.1, 0.15) is 16.4 Å². The van der Waals surface area contributed by atoms with E-state index in [1.807, 2.05) is 0 Å². The van der Waals surface area contributed by atoms with Crippen LogP contribution in [0.1, 0.15) is 20.8 Å². The highest BCUT2D eigenvalue weighted by Gasteiger charge is 2.46. The molecule has 10 nitrogen and oxygen atoms in total. The van der Waals surface area contributed by atoms with Gasteiger partial charge in [-0.05, 0) is 19.9 Å². The second-order valence-electron chi connectivity index (χ2n) is 7.25. The SMILES string of the molecule is CCOC(=O)C(/C(C)=N/Nc1ccc([N+](=O)[O-])cc1[N+](=O)[O-])C1C=CC=CC1(C)C(Cl)Cl. The molecule has 0 bridgehead atoms. The Balaban J connectivity index is 2.45. The minimum Gasteiger partial charge on any atom is -0.465 e. The number of carbonyl (C=O) groups is 1. The van der Waals surface area contributed by atoms with Gasteiger partial charge < -0.3 is 4.74 Å². The third-order valence-corrected chi connectivity index (χ3v) is 6.10. The summed E-state index contributed by atoms with van der Waals surface area (Å²) in [7, 11) is 0. The maximum Gasteiger partial charge on any atom is 0.315 e. The van der Waals surface area contributed by atoms with Crippen LogP contribution in [0.4, 0.5) is 17.1 Å². The number of rotatable bonds is 9. The van der Waals surface area contributed by atoms with Crippen LogP contribution < -0.4 is 5.43 Å². The molecule has 1 aliphatic rings. The lowest BCUT2D eigenvalue weighted by Crippen LogP contribution is -2.43. The average molecular weight is 485 g/mol. The Bertz CT molecular complexity index is 994. The minimum atomic E-state index is -0.897. The molecule has 32 heavy (non-hydrogen) atoms. The van der Waals surface area contributed by atoms with Gasteiger partial charge in [-0.25, -0.2) is 0 Å². The van der Waals surface area contributed by atoms with Crippen LogP contribution in [0.5, 0.6) is 0 Å². The van der Waals surface area contributed by atoms with Gasteiger partial charge in [0.15, 0.2) is 0 Å². The van der Waals surface area contributed by atoms with E-state index in [1.54, 1.807) is 45.1 Å². The zero-order chi connectivity index (χ0) is 24.1. The summed E-state index contributed by atoms with van der Waals surface area (Å²) in [6.45, 7) is 5.17.